The molecule has 0 bridgehead atoms. The molecule has 0 spiro atoms. The Morgan fingerprint density at radius 1 is 1.12 bits per heavy atom. The second-order valence-corrected chi connectivity index (χ2v) is 5.99. The Morgan fingerprint density at radius 3 is 2.84 bits per heavy atom. The number of carbonyl (C=O) groups excluding carboxylic acids is 1. The third kappa shape index (κ3) is 2.83. The fourth-order valence-electron chi connectivity index (χ4n) is 2.78. The van der Waals surface area contributed by atoms with E-state index < -0.39 is 0 Å². The number of halogens is 2. The van der Waals surface area contributed by atoms with Crippen LogP contribution in [0.25, 0.3) is 16.6 Å². The van der Waals surface area contributed by atoms with E-state index in [9.17, 15) is 9.18 Å². The zero-order chi connectivity index (χ0) is 17.4. The average Bonchev–Trinajstić information content (AvgIpc) is 3.12. The van der Waals surface area contributed by atoms with Gasteiger partial charge in [-0.25, -0.2) is 9.37 Å². The summed E-state index contributed by atoms with van der Waals surface area (Å²) in [6.45, 7) is 0.447. The van der Waals surface area contributed by atoms with Gasteiger partial charge in [-0.2, -0.15) is 0 Å². The van der Waals surface area contributed by atoms with Crippen molar-refractivity contribution in [1.29, 1.82) is 0 Å². The van der Waals surface area contributed by atoms with E-state index in [0.717, 1.165) is 11.9 Å². The maximum absolute atomic E-state index is 14.2. The predicted molar refractivity (Wildman–Crippen MR) is 95.7 cm³/mol. The summed E-state index contributed by atoms with van der Waals surface area (Å²) < 4.78 is 14.2. The lowest BCUT2D eigenvalue weighted by atomic mass is 9.99. The van der Waals surface area contributed by atoms with Gasteiger partial charge < -0.3 is 0 Å². The molecular formula is C19H11ClFN3O. The number of hydrogen-bond acceptors (Lipinski definition) is 4. The van der Waals surface area contributed by atoms with Gasteiger partial charge in [0, 0.05) is 27.9 Å². The highest BCUT2D eigenvalue weighted by Crippen LogP contribution is 2.27. The van der Waals surface area contributed by atoms with Crippen molar-refractivity contribution in [3.8, 4) is 0 Å². The van der Waals surface area contributed by atoms with E-state index in [1.807, 2.05) is 18.2 Å². The summed E-state index contributed by atoms with van der Waals surface area (Å²) in [5.41, 5.74) is 3.98. The van der Waals surface area contributed by atoms with Crippen LogP contribution < -0.4 is 0 Å². The van der Waals surface area contributed by atoms with Crippen LogP contribution in [0.3, 0.4) is 0 Å². The molecule has 0 saturated carbocycles. The molecule has 3 aromatic rings. The fraction of sp³-hybridized carbons (Fsp3) is 0.0526. The summed E-state index contributed by atoms with van der Waals surface area (Å²) in [4.78, 5) is 24.1. The van der Waals surface area contributed by atoms with E-state index in [0.29, 0.717) is 45.1 Å². The second-order valence-electron chi connectivity index (χ2n) is 5.55. The van der Waals surface area contributed by atoms with Crippen LogP contribution in [0.5, 0.6) is 0 Å². The van der Waals surface area contributed by atoms with Crippen LogP contribution in [0.15, 0.2) is 53.7 Å². The molecule has 0 fully saturated rings. The number of benzene rings is 1. The van der Waals surface area contributed by atoms with Crippen molar-refractivity contribution in [2.45, 2.75) is 0 Å². The first-order chi connectivity index (χ1) is 12.2. The summed E-state index contributed by atoms with van der Waals surface area (Å²) in [6.07, 6.45) is 4.12. The van der Waals surface area contributed by atoms with Gasteiger partial charge in [-0.05, 0) is 36.4 Å². The van der Waals surface area contributed by atoms with Crippen LogP contribution in [0, 0.1) is 5.82 Å². The Labute approximate surface area is 147 Å². The van der Waals surface area contributed by atoms with Crippen LogP contribution in [-0.4, -0.2) is 28.5 Å². The van der Waals surface area contributed by atoms with Gasteiger partial charge in [-0.15, -0.1) is 0 Å². The first kappa shape index (κ1) is 15.6. The maximum Gasteiger partial charge on any atom is 0.151 e. The summed E-state index contributed by atoms with van der Waals surface area (Å²) in [5, 5.41) is 0.441. The zero-order valence-electron chi connectivity index (χ0n) is 12.9. The highest BCUT2D eigenvalue weighted by Gasteiger charge is 2.20. The molecule has 0 N–H and O–H groups in total. The monoisotopic (exact) mass is 351 g/mol. The molecule has 6 heteroatoms. The molecule has 0 atom stereocenters. The van der Waals surface area contributed by atoms with Gasteiger partial charge in [-0.1, -0.05) is 17.7 Å². The minimum absolute atomic E-state index is 0.345. The predicted octanol–water partition coefficient (Wildman–Crippen LogP) is 4.12. The number of fused-ring (bicyclic) bond motifs is 1. The number of nitrogens with zero attached hydrogens (tertiary/aromatic N) is 3. The quantitative estimate of drug-likeness (QED) is 0.667. The number of allylic oxidation sites excluding steroid dienone is 1. The lowest BCUT2D eigenvalue weighted by Gasteiger charge is -2.09. The van der Waals surface area contributed by atoms with Crippen molar-refractivity contribution in [2.24, 2.45) is 4.99 Å². The molecule has 0 aliphatic carbocycles. The number of aliphatic imine (C=N–C) groups is 1. The Balaban J connectivity index is 1.81. The van der Waals surface area contributed by atoms with Gasteiger partial charge in [0.05, 0.1) is 29.0 Å². The smallest absolute Gasteiger partial charge is 0.151 e. The Morgan fingerprint density at radius 2 is 2.00 bits per heavy atom. The van der Waals surface area contributed by atoms with E-state index in [4.69, 9.17) is 11.6 Å². The maximum atomic E-state index is 14.2. The second kappa shape index (κ2) is 6.18. The topological polar surface area (TPSA) is 55.2 Å². The third-order valence-electron chi connectivity index (χ3n) is 3.95. The Hall–Kier alpha value is -2.92. The van der Waals surface area contributed by atoms with Gasteiger partial charge in [-0.3, -0.25) is 14.8 Å². The molecule has 0 saturated heterocycles. The van der Waals surface area contributed by atoms with Crippen molar-refractivity contribution < 1.29 is 9.18 Å². The first-order valence-corrected chi connectivity index (χ1v) is 7.96. The number of rotatable bonds is 3. The van der Waals surface area contributed by atoms with Crippen molar-refractivity contribution >= 4 is 40.2 Å². The molecule has 1 aromatic carbocycles. The van der Waals surface area contributed by atoms with E-state index in [2.05, 4.69) is 15.0 Å². The van der Waals surface area contributed by atoms with Crippen LogP contribution in [-0.2, 0) is 0 Å². The molecule has 122 valence electrons. The number of hydrogen-bond donors (Lipinski definition) is 0. The van der Waals surface area contributed by atoms with E-state index >= 15 is 0 Å². The van der Waals surface area contributed by atoms with Crippen molar-refractivity contribution in [3.63, 3.8) is 0 Å². The van der Waals surface area contributed by atoms with E-state index in [-0.39, 0.29) is 5.82 Å². The molecular weight excluding hydrogens is 341 g/mol. The Kier molecular flexibility index (Phi) is 3.86. The molecule has 3 heterocycles. The first-order valence-electron chi connectivity index (χ1n) is 7.58. The average molecular weight is 352 g/mol. The zero-order valence-corrected chi connectivity index (χ0v) is 13.7. The van der Waals surface area contributed by atoms with Crippen molar-refractivity contribution in [1.82, 2.24) is 9.97 Å². The molecule has 4 nitrogen and oxygen atoms in total. The highest BCUT2D eigenvalue weighted by atomic mass is 35.5. The summed E-state index contributed by atoms with van der Waals surface area (Å²) in [6, 6.07) is 9.68. The van der Waals surface area contributed by atoms with Gasteiger partial charge in [0.1, 0.15) is 5.82 Å². The van der Waals surface area contributed by atoms with Gasteiger partial charge in [0.25, 0.3) is 0 Å². The number of carbonyl (C=O) groups is 1. The molecule has 1 aliphatic heterocycles. The van der Waals surface area contributed by atoms with Gasteiger partial charge >= 0.3 is 0 Å². The lowest BCUT2D eigenvalue weighted by molar-refractivity contribution is 0.112. The SMILES string of the molecule is O=Cc1cnc2ccc(C3=CCN=C3c3cc(Cl)ccc3F)nc2c1. The summed E-state index contributed by atoms with van der Waals surface area (Å²) >= 11 is 6.00. The molecule has 25 heavy (non-hydrogen) atoms. The molecule has 2 aromatic heterocycles. The van der Waals surface area contributed by atoms with Gasteiger partial charge in [0.15, 0.2) is 6.29 Å². The normalized spacial score (nSPS) is 13.7. The Bertz CT molecular complexity index is 1080. The summed E-state index contributed by atoms with van der Waals surface area (Å²) in [7, 11) is 0. The standard InChI is InChI=1S/C19H11ClFN3O/c20-12-1-2-15(21)14(8-12)19-13(5-6-22-19)16-3-4-17-18(24-16)7-11(10-25)9-23-17/h1-5,7-10H,6H2. The molecule has 0 amide bonds. The van der Waals surface area contributed by atoms with E-state index in [1.165, 1.54) is 18.3 Å². The van der Waals surface area contributed by atoms with Crippen LogP contribution in [0.2, 0.25) is 5.02 Å². The van der Waals surface area contributed by atoms with E-state index in [1.54, 1.807) is 12.1 Å². The summed E-state index contributed by atoms with van der Waals surface area (Å²) in [5.74, 6) is -0.387. The van der Waals surface area contributed by atoms with Crippen LogP contribution in [0.4, 0.5) is 4.39 Å². The minimum atomic E-state index is -0.387. The highest BCUT2D eigenvalue weighted by molar-refractivity contribution is 6.35. The molecule has 4 rings (SSSR count). The third-order valence-corrected chi connectivity index (χ3v) is 4.19. The number of aromatic nitrogens is 2. The molecule has 1 aliphatic rings. The van der Waals surface area contributed by atoms with Crippen LogP contribution in [0.1, 0.15) is 21.6 Å². The number of aldehydes is 1. The fourth-order valence-corrected chi connectivity index (χ4v) is 2.95. The van der Waals surface area contributed by atoms with Crippen molar-refractivity contribution in [2.75, 3.05) is 6.54 Å². The number of pyridine rings is 2. The van der Waals surface area contributed by atoms with Crippen LogP contribution >= 0.6 is 11.6 Å². The lowest BCUT2D eigenvalue weighted by Crippen LogP contribution is -2.06. The molecule has 0 unspecified atom stereocenters. The largest absolute Gasteiger partial charge is 0.298 e. The molecule has 0 radical (unpaired) electrons. The van der Waals surface area contributed by atoms with Gasteiger partial charge in [0.2, 0.25) is 0 Å². The van der Waals surface area contributed by atoms with Crippen molar-refractivity contribution in [3.05, 3.63) is 76.3 Å². The minimum Gasteiger partial charge on any atom is -0.298 e.